The van der Waals surface area contributed by atoms with E-state index in [-0.39, 0.29) is 12.5 Å². The molecular weight excluding hydrogens is 324 g/mol. The Morgan fingerprint density at radius 1 is 1.32 bits per heavy atom. The molecule has 2 aliphatic rings. The zero-order chi connectivity index (χ0) is 18.4. The van der Waals surface area contributed by atoms with Crippen molar-refractivity contribution in [2.24, 2.45) is 11.8 Å². The maximum absolute atomic E-state index is 12.7. The van der Waals surface area contributed by atoms with Crippen LogP contribution in [0.2, 0.25) is 0 Å². The van der Waals surface area contributed by atoms with Crippen LogP contribution in [0.5, 0.6) is 0 Å². The molecule has 0 spiro atoms. The molecule has 1 aromatic rings. The molecule has 4 unspecified atom stereocenters. The Kier molecular flexibility index (Phi) is 4.38. The topological polar surface area (TPSA) is 95.9 Å². The number of aliphatic hydroxyl groups is 1. The molecule has 2 fully saturated rings. The third-order valence-corrected chi connectivity index (χ3v) is 5.29. The number of benzene rings is 1. The lowest BCUT2D eigenvalue weighted by Crippen LogP contribution is -2.58. The number of aliphatic hydroxyl groups excluding tert-OH is 1. The van der Waals surface area contributed by atoms with Crippen molar-refractivity contribution in [3.05, 3.63) is 35.4 Å². The van der Waals surface area contributed by atoms with Crippen molar-refractivity contribution in [2.45, 2.75) is 25.4 Å². The number of aryl methyl sites for hydroxylation is 1. The summed E-state index contributed by atoms with van der Waals surface area (Å²) in [5.41, 5.74) is 0.144. The molecule has 0 bridgehead atoms. The van der Waals surface area contributed by atoms with Crippen molar-refractivity contribution in [1.29, 1.82) is 0 Å². The number of esters is 1. The second-order valence-corrected chi connectivity index (χ2v) is 6.57. The largest absolute Gasteiger partial charge is 0.465 e. The Morgan fingerprint density at radius 2 is 2.00 bits per heavy atom. The van der Waals surface area contributed by atoms with Gasteiger partial charge < -0.3 is 9.84 Å². The summed E-state index contributed by atoms with van der Waals surface area (Å²) in [5, 5.41) is 13.1. The molecule has 3 rings (SSSR count). The SMILES string of the molecule is CCOC(=O)C1(CO)NC(c2ccccc2C)C2C(=O)N(C)C(=O)C21. The molecule has 0 saturated carbocycles. The first kappa shape index (κ1) is 17.6. The number of fused-ring (bicyclic) bond motifs is 1. The number of hydrogen-bond donors (Lipinski definition) is 2. The number of rotatable bonds is 4. The number of likely N-dealkylation sites (tertiary alicyclic amines) is 1. The minimum Gasteiger partial charge on any atom is -0.465 e. The number of amides is 2. The molecule has 7 heteroatoms. The third-order valence-electron chi connectivity index (χ3n) is 5.29. The molecule has 0 radical (unpaired) electrons. The molecule has 0 aliphatic carbocycles. The van der Waals surface area contributed by atoms with E-state index in [1.54, 1.807) is 6.92 Å². The van der Waals surface area contributed by atoms with E-state index in [9.17, 15) is 19.5 Å². The lowest BCUT2D eigenvalue weighted by Gasteiger charge is -2.30. The van der Waals surface area contributed by atoms with Crippen LogP contribution in [-0.4, -0.2) is 53.6 Å². The van der Waals surface area contributed by atoms with Gasteiger partial charge in [-0.15, -0.1) is 0 Å². The number of carbonyl (C=O) groups excluding carboxylic acids is 3. The van der Waals surface area contributed by atoms with Crippen LogP contribution in [0.25, 0.3) is 0 Å². The maximum Gasteiger partial charge on any atom is 0.329 e. The van der Waals surface area contributed by atoms with Crippen molar-refractivity contribution in [1.82, 2.24) is 10.2 Å². The van der Waals surface area contributed by atoms with Crippen LogP contribution in [0.3, 0.4) is 0 Å². The monoisotopic (exact) mass is 346 g/mol. The Balaban J connectivity index is 2.14. The Hall–Kier alpha value is -2.25. The lowest BCUT2D eigenvalue weighted by molar-refractivity contribution is -0.158. The summed E-state index contributed by atoms with van der Waals surface area (Å²) in [6.07, 6.45) is 0. The Morgan fingerprint density at radius 3 is 2.60 bits per heavy atom. The fourth-order valence-corrected chi connectivity index (χ4v) is 4.01. The van der Waals surface area contributed by atoms with Gasteiger partial charge in [0.15, 0.2) is 5.54 Å². The molecule has 2 N–H and O–H groups in total. The minimum absolute atomic E-state index is 0.118. The van der Waals surface area contributed by atoms with Crippen LogP contribution >= 0.6 is 0 Å². The van der Waals surface area contributed by atoms with Crippen LogP contribution in [0.15, 0.2) is 24.3 Å². The molecule has 4 atom stereocenters. The third kappa shape index (κ3) is 2.38. The van der Waals surface area contributed by atoms with Gasteiger partial charge in [0.1, 0.15) is 0 Å². The minimum atomic E-state index is -1.62. The van der Waals surface area contributed by atoms with Gasteiger partial charge in [-0.25, -0.2) is 4.79 Å². The van der Waals surface area contributed by atoms with Crippen LogP contribution < -0.4 is 5.32 Å². The maximum atomic E-state index is 12.7. The lowest BCUT2D eigenvalue weighted by atomic mass is 9.79. The Labute approximate surface area is 146 Å². The first-order valence-electron chi connectivity index (χ1n) is 8.31. The number of imide groups is 1. The summed E-state index contributed by atoms with van der Waals surface area (Å²) in [5.74, 6) is -3.27. The van der Waals surface area contributed by atoms with E-state index in [1.165, 1.54) is 7.05 Å². The molecule has 2 amide bonds. The summed E-state index contributed by atoms with van der Waals surface area (Å²) in [4.78, 5) is 39.1. The van der Waals surface area contributed by atoms with Gasteiger partial charge in [-0.05, 0) is 25.0 Å². The fourth-order valence-electron chi connectivity index (χ4n) is 4.01. The van der Waals surface area contributed by atoms with Gasteiger partial charge in [-0.1, -0.05) is 24.3 Å². The normalized spacial score (nSPS) is 31.4. The predicted octanol–water partition coefficient (Wildman–Crippen LogP) is 0.165. The number of nitrogens with one attached hydrogen (secondary N) is 1. The van der Waals surface area contributed by atoms with Gasteiger partial charge in [0.05, 0.1) is 25.0 Å². The van der Waals surface area contributed by atoms with Crippen molar-refractivity contribution in [3.8, 4) is 0 Å². The zero-order valence-electron chi connectivity index (χ0n) is 14.5. The van der Waals surface area contributed by atoms with Crippen molar-refractivity contribution >= 4 is 17.8 Å². The van der Waals surface area contributed by atoms with Gasteiger partial charge in [0.25, 0.3) is 0 Å². The molecule has 7 nitrogen and oxygen atoms in total. The van der Waals surface area contributed by atoms with E-state index in [4.69, 9.17) is 4.74 Å². The number of nitrogens with zero attached hydrogens (tertiary/aromatic N) is 1. The van der Waals surface area contributed by atoms with E-state index < -0.39 is 41.9 Å². The molecular formula is C18H22N2O5. The van der Waals surface area contributed by atoms with Crippen molar-refractivity contribution in [2.75, 3.05) is 20.3 Å². The predicted molar refractivity (Wildman–Crippen MR) is 88.3 cm³/mol. The molecule has 134 valence electrons. The van der Waals surface area contributed by atoms with Crippen molar-refractivity contribution < 1.29 is 24.2 Å². The Bertz CT molecular complexity index is 734. The van der Waals surface area contributed by atoms with E-state index >= 15 is 0 Å². The highest BCUT2D eigenvalue weighted by molar-refractivity contribution is 6.09. The van der Waals surface area contributed by atoms with Gasteiger partial charge in [0, 0.05) is 13.1 Å². The van der Waals surface area contributed by atoms with Crippen LogP contribution in [0.4, 0.5) is 0 Å². The summed E-state index contributed by atoms with van der Waals surface area (Å²) in [6, 6.07) is 6.93. The van der Waals surface area contributed by atoms with Crippen LogP contribution in [0.1, 0.15) is 24.1 Å². The standard InChI is InChI=1S/C18H22N2O5/c1-4-25-17(24)18(9-21)13-12(15(22)20(3)16(13)23)14(19-18)11-8-6-5-7-10(11)2/h5-8,12-14,19,21H,4,9H2,1-3H3. The summed E-state index contributed by atoms with van der Waals surface area (Å²) < 4.78 is 5.12. The average molecular weight is 346 g/mol. The first-order valence-corrected chi connectivity index (χ1v) is 8.31. The van der Waals surface area contributed by atoms with Crippen LogP contribution in [0, 0.1) is 18.8 Å². The second-order valence-electron chi connectivity index (χ2n) is 6.57. The quantitative estimate of drug-likeness (QED) is 0.596. The summed E-state index contributed by atoms with van der Waals surface area (Å²) in [7, 11) is 1.41. The molecule has 25 heavy (non-hydrogen) atoms. The first-order chi connectivity index (χ1) is 11.9. The van der Waals surface area contributed by atoms with Crippen molar-refractivity contribution in [3.63, 3.8) is 0 Å². The molecule has 0 aromatic heterocycles. The van der Waals surface area contributed by atoms with Gasteiger partial charge in [0.2, 0.25) is 11.8 Å². The van der Waals surface area contributed by atoms with Gasteiger partial charge >= 0.3 is 5.97 Å². The van der Waals surface area contributed by atoms with Gasteiger partial charge in [-0.2, -0.15) is 0 Å². The molecule has 1 aromatic carbocycles. The van der Waals surface area contributed by atoms with Gasteiger partial charge in [-0.3, -0.25) is 19.8 Å². The van der Waals surface area contributed by atoms with E-state index in [2.05, 4.69) is 5.32 Å². The highest BCUT2D eigenvalue weighted by Crippen LogP contribution is 2.49. The average Bonchev–Trinajstić information content (AvgIpc) is 3.06. The highest BCUT2D eigenvalue weighted by Gasteiger charge is 2.68. The second kappa shape index (κ2) is 6.24. The summed E-state index contributed by atoms with van der Waals surface area (Å²) in [6.45, 7) is 3.05. The summed E-state index contributed by atoms with van der Waals surface area (Å²) >= 11 is 0. The van der Waals surface area contributed by atoms with Crippen LogP contribution in [-0.2, 0) is 19.1 Å². The smallest absolute Gasteiger partial charge is 0.329 e. The fraction of sp³-hybridized carbons (Fsp3) is 0.500. The number of hydrogen-bond acceptors (Lipinski definition) is 6. The molecule has 2 heterocycles. The zero-order valence-corrected chi connectivity index (χ0v) is 14.5. The highest BCUT2D eigenvalue weighted by atomic mass is 16.5. The van der Waals surface area contributed by atoms with E-state index in [0.29, 0.717) is 0 Å². The van der Waals surface area contributed by atoms with E-state index in [0.717, 1.165) is 16.0 Å². The number of ether oxygens (including phenoxy) is 1. The molecule has 2 saturated heterocycles. The number of carbonyl (C=O) groups is 3. The molecule has 2 aliphatic heterocycles. The van der Waals surface area contributed by atoms with E-state index in [1.807, 2.05) is 31.2 Å².